The van der Waals surface area contributed by atoms with Gasteiger partial charge in [0.25, 0.3) is 0 Å². The highest BCUT2D eigenvalue weighted by molar-refractivity contribution is 5.13. The maximum absolute atomic E-state index is 5.41. The van der Waals surface area contributed by atoms with Crippen molar-refractivity contribution < 1.29 is 4.52 Å². The summed E-state index contributed by atoms with van der Waals surface area (Å²) in [5, 5.41) is 4.02. The Balaban J connectivity index is 2.64. The molecule has 0 aliphatic carbocycles. The van der Waals surface area contributed by atoms with E-state index in [0.717, 1.165) is 24.3 Å². The van der Waals surface area contributed by atoms with Crippen LogP contribution in [0.15, 0.2) is 10.6 Å². The molecule has 1 heterocycles. The molecule has 1 rings (SSSR count). The maximum Gasteiger partial charge on any atom is 0.137 e. The van der Waals surface area contributed by atoms with Gasteiger partial charge in [0.15, 0.2) is 0 Å². The lowest BCUT2D eigenvalue weighted by molar-refractivity contribution is 0.363. The van der Waals surface area contributed by atoms with Crippen LogP contribution >= 0.6 is 0 Å². The molecule has 1 aromatic rings. The molecule has 0 aromatic carbocycles. The first-order valence-electron chi connectivity index (χ1n) is 4.70. The fourth-order valence-electron chi connectivity index (χ4n) is 1.06. The Morgan fingerprint density at radius 1 is 1.46 bits per heavy atom. The summed E-state index contributed by atoms with van der Waals surface area (Å²) in [4.78, 5) is 0. The van der Waals surface area contributed by atoms with Crippen LogP contribution in [0.2, 0.25) is 0 Å². The number of nitrogens with two attached hydrogens (primary N) is 1. The number of hydrogen-bond acceptors (Lipinski definition) is 3. The van der Waals surface area contributed by atoms with Crippen molar-refractivity contribution in [3.05, 3.63) is 17.5 Å². The summed E-state index contributed by atoms with van der Waals surface area (Å²) in [6.45, 7) is 7.07. The highest BCUT2D eigenvalue weighted by atomic mass is 16.5. The van der Waals surface area contributed by atoms with E-state index >= 15 is 0 Å². The molecule has 2 N–H and O–H groups in total. The summed E-state index contributed by atoms with van der Waals surface area (Å²) < 4.78 is 5.19. The molecule has 0 spiro atoms. The first-order chi connectivity index (χ1) is 6.04. The van der Waals surface area contributed by atoms with Gasteiger partial charge in [-0.15, -0.1) is 0 Å². The van der Waals surface area contributed by atoms with E-state index in [4.69, 9.17) is 10.3 Å². The molecule has 0 saturated carbocycles. The smallest absolute Gasteiger partial charge is 0.137 e. The van der Waals surface area contributed by atoms with Crippen LogP contribution in [-0.2, 0) is 11.8 Å². The molecule has 0 saturated heterocycles. The van der Waals surface area contributed by atoms with E-state index in [-0.39, 0.29) is 5.41 Å². The zero-order valence-electron chi connectivity index (χ0n) is 8.63. The monoisotopic (exact) mass is 182 g/mol. The SMILES string of the molecule is CC(C)(C)c1cc(CCCN)on1. The van der Waals surface area contributed by atoms with Crippen LogP contribution in [0.1, 0.15) is 38.6 Å². The number of nitrogens with zero attached hydrogens (tertiary/aromatic N) is 1. The van der Waals surface area contributed by atoms with Crippen molar-refractivity contribution in [1.82, 2.24) is 5.16 Å². The van der Waals surface area contributed by atoms with E-state index in [0.29, 0.717) is 6.54 Å². The summed E-state index contributed by atoms with van der Waals surface area (Å²) in [7, 11) is 0. The molecule has 0 radical (unpaired) electrons. The number of aryl methyl sites for hydroxylation is 1. The highest BCUT2D eigenvalue weighted by Crippen LogP contribution is 2.21. The van der Waals surface area contributed by atoms with Crippen molar-refractivity contribution in [3.63, 3.8) is 0 Å². The number of rotatable bonds is 3. The fraction of sp³-hybridized carbons (Fsp3) is 0.700. The van der Waals surface area contributed by atoms with Crippen LogP contribution < -0.4 is 5.73 Å². The normalized spacial score (nSPS) is 12.0. The largest absolute Gasteiger partial charge is 0.361 e. The zero-order valence-corrected chi connectivity index (χ0v) is 8.63. The van der Waals surface area contributed by atoms with Crippen molar-refractivity contribution in [1.29, 1.82) is 0 Å². The zero-order chi connectivity index (χ0) is 9.90. The highest BCUT2D eigenvalue weighted by Gasteiger charge is 2.18. The van der Waals surface area contributed by atoms with E-state index in [2.05, 4.69) is 25.9 Å². The van der Waals surface area contributed by atoms with Gasteiger partial charge in [-0.25, -0.2) is 0 Å². The molecule has 0 aliphatic rings. The van der Waals surface area contributed by atoms with Gasteiger partial charge in [0.2, 0.25) is 0 Å². The Kier molecular flexibility index (Phi) is 3.09. The standard InChI is InChI=1S/C10H18N2O/c1-10(2,3)9-7-8(13-12-9)5-4-6-11/h7H,4-6,11H2,1-3H3. The van der Waals surface area contributed by atoms with E-state index in [1.54, 1.807) is 0 Å². The molecule has 0 bridgehead atoms. The Hall–Kier alpha value is -0.830. The Labute approximate surface area is 79.3 Å². The minimum atomic E-state index is 0.0739. The van der Waals surface area contributed by atoms with Crippen LogP contribution in [-0.4, -0.2) is 11.7 Å². The third-order valence-corrected chi connectivity index (χ3v) is 1.95. The molecule has 74 valence electrons. The molecule has 0 atom stereocenters. The maximum atomic E-state index is 5.41. The first kappa shape index (κ1) is 10.3. The summed E-state index contributed by atoms with van der Waals surface area (Å²) in [6, 6.07) is 2.02. The lowest BCUT2D eigenvalue weighted by Crippen LogP contribution is -2.11. The fourth-order valence-corrected chi connectivity index (χ4v) is 1.06. The van der Waals surface area contributed by atoms with Crippen molar-refractivity contribution in [2.75, 3.05) is 6.54 Å². The molecular formula is C10H18N2O. The summed E-state index contributed by atoms with van der Waals surface area (Å²) in [5.74, 6) is 0.940. The van der Waals surface area contributed by atoms with E-state index in [1.165, 1.54) is 0 Å². The first-order valence-corrected chi connectivity index (χ1v) is 4.70. The van der Waals surface area contributed by atoms with Gasteiger partial charge in [-0.05, 0) is 13.0 Å². The molecule has 0 amide bonds. The van der Waals surface area contributed by atoms with Gasteiger partial charge in [0, 0.05) is 17.9 Å². The molecule has 0 aliphatic heterocycles. The van der Waals surface area contributed by atoms with Crippen molar-refractivity contribution in [2.24, 2.45) is 5.73 Å². The Bertz CT molecular complexity index is 260. The third-order valence-electron chi connectivity index (χ3n) is 1.95. The number of hydrogen-bond donors (Lipinski definition) is 1. The summed E-state index contributed by atoms with van der Waals surface area (Å²) >= 11 is 0. The average Bonchev–Trinajstić information content (AvgIpc) is 2.47. The third kappa shape index (κ3) is 2.84. The lowest BCUT2D eigenvalue weighted by Gasteiger charge is -2.12. The second-order valence-electron chi connectivity index (χ2n) is 4.32. The minimum Gasteiger partial charge on any atom is -0.361 e. The molecule has 13 heavy (non-hydrogen) atoms. The predicted molar refractivity (Wildman–Crippen MR) is 52.6 cm³/mol. The molecule has 0 unspecified atom stereocenters. The van der Waals surface area contributed by atoms with E-state index in [1.807, 2.05) is 6.07 Å². The molecule has 3 heteroatoms. The van der Waals surface area contributed by atoms with E-state index < -0.39 is 0 Å². The predicted octanol–water partition coefficient (Wildman–Crippen LogP) is 1.86. The van der Waals surface area contributed by atoms with Gasteiger partial charge in [0.1, 0.15) is 5.76 Å². The van der Waals surface area contributed by atoms with Crippen molar-refractivity contribution >= 4 is 0 Å². The summed E-state index contributed by atoms with van der Waals surface area (Å²) in [6.07, 6.45) is 1.85. The van der Waals surface area contributed by atoms with Crippen LogP contribution in [0.5, 0.6) is 0 Å². The van der Waals surface area contributed by atoms with E-state index in [9.17, 15) is 0 Å². The summed E-state index contributed by atoms with van der Waals surface area (Å²) in [5.41, 5.74) is 6.49. The van der Waals surface area contributed by atoms with Crippen LogP contribution in [0.3, 0.4) is 0 Å². The van der Waals surface area contributed by atoms with Crippen LogP contribution in [0.25, 0.3) is 0 Å². The second-order valence-corrected chi connectivity index (χ2v) is 4.32. The van der Waals surface area contributed by atoms with Crippen LogP contribution in [0, 0.1) is 0 Å². The van der Waals surface area contributed by atoms with Gasteiger partial charge in [-0.3, -0.25) is 0 Å². The molecular weight excluding hydrogens is 164 g/mol. The average molecular weight is 182 g/mol. The Morgan fingerprint density at radius 2 is 2.15 bits per heavy atom. The quantitative estimate of drug-likeness (QED) is 0.776. The van der Waals surface area contributed by atoms with Gasteiger partial charge in [-0.1, -0.05) is 25.9 Å². The van der Waals surface area contributed by atoms with Crippen molar-refractivity contribution in [2.45, 2.75) is 39.0 Å². The van der Waals surface area contributed by atoms with Gasteiger partial charge in [-0.2, -0.15) is 0 Å². The van der Waals surface area contributed by atoms with Gasteiger partial charge >= 0.3 is 0 Å². The Morgan fingerprint density at radius 3 is 2.62 bits per heavy atom. The van der Waals surface area contributed by atoms with Crippen molar-refractivity contribution in [3.8, 4) is 0 Å². The molecule has 3 nitrogen and oxygen atoms in total. The van der Waals surface area contributed by atoms with Crippen LogP contribution in [0.4, 0.5) is 0 Å². The second kappa shape index (κ2) is 3.92. The van der Waals surface area contributed by atoms with Gasteiger partial charge < -0.3 is 10.3 Å². The molecule has 0 fully saturated rings. The topological polar surface area (TPSA) is 52.0 Å². The van der Waals surface area contributed by atoms with Gasteiger partial charge in [0.05, 0.1) is 5.69 Å². The molecule has 1 aromatic heterocycles. The lowest BCUT2D eigenvalue weighted by atomic mass is 9.92. The minimum absolute atomic E-state index is 0.0739. The number of aromatic nitrogens is 1.